The zero-order chi connectivity index (χ0) is 24.5. The molecule has 1 aliphatic heterocycles. The molecule has 4 aromatic heterocycles. The topological polar surface area (TPSA) is 119 Å². The lowest BCUT2D eigenvalue weighted by atomic mass is 10.1. The molecule has 1 saturated heterocycles. The molecule has 1 aliphatic rings. The number of pyridine rings is 2. The summed E-state index contributed by atoms with van der Waals surface area (Å²) in [6.07, 6.45) is 9.96. The van der Waals surface area contributed by atoms with Gasteiger partial charge in [-0.2, -0.15) is 5.10 Å². The van der Waals surface area contributed by atoms with Crippen molar-refractivity contribution in [3.63, 3.8) is 0 Å². The van der Waals surface area contributed by atoms with Gasteiger partial charge in [0.05, 0.1) is 40.5 Å². The Hall–Kier alpha value is -3.98. The van der Waals surface area contributed by atoms with Gasteiger partial charge in [-0.05, 0) is 49.9 Å². The van der Waals surface area contributed by atoms with Crippen molar-refractivity contribution in [2.75, 3.05) is 23.3 Å². The van der Waals surface area contributed by atoms with E-state index in [1.807, 2.05) is 19.1 Å². The summed E-state index contributed by atoms with van der Waals surface area (Å²) in [5, 5.41) is 21.8. The van der Waals surface area contributed by atoms with Crippen molar-refractivity contribution in [2.24, 2.45) is 0 Å². The number of aliphatic hydroxyl groups excluding tert-OH is 1. The van der Waals surface area contributed by atoms with Gasteiger partial charge in [0.2, 0.25) is 0 Å². The van der Waals surface area contributed by atoms with Crippen molar-refractivity contribution < 1.29 is 5.11 Å². The Labute approximate surface area is 209 Å². The van der Waals surface area contributed by atoms with Gasteiger partial charge >= 0.3 is 0 Å². The van der Waals surface area contributed by atoms with Gasteiger partial charge in [-0.3, -0.25) is 15.1 Å². The van der Waals surface area contributed by atoms with E-state index in [1.165, 1.54) is 24.9 Å². The van der Waals surface area contributed by atoms with E-state index in [9.17, 15) is 5.11 Å². The average Bonchev–Trinajstić information content (AvgIpc) is 3.53. The van der Waals surface area contributed by atoms with Crippen molar-refractivity contribution >= 4 is 33.3 Å². The number of aromatic amines is 2. The number of benzene rings is 1. The van der Waals surface area contributed by atoms with Crippen molar-refractivity contribution in [3.8, 4) is 22.8 Å². The highest BCUT2D eigenvalue weighted by Gasteiger charge is 2.19. The SMILES string of the molecule is CCCC(O)Nc1cncc(-c2cc3c(-c4nc5c(N6CCCCC6)cccc5[nH]4)n[nH]c3cn2)c1. The molecule has 5 aromatic rings. The smallest absolute Gasteiger partial charge is 0.159 e. The maximum atomic E-state index is 10.1. The van der Waals surface area contributed by atoms with Gasteiger partial charge in [0.15, 0.2) is 5.82 Å². The molecule has 1 unspecified atom stereocenters. The normalized spacial score (nSPS) is 15.0. The largest absolute Gasteiger partial charge is 0.374 e. The molecule has 5 heterocycles. The summed E-state index contributed by atoms with van der Waals surface area (Å²) in [4.78, 5) is 19.9. The van der Waals surface area contributed by atoms with Crippen LogP contribution in [0.25, 0.3) is 44.7 Å². The standard InChI is InChI=1S/C27H30N8O/c1-2-7-24(36)30-18-12-17(14-28-15-18)21-13-19-22(16-29-21)33-34-25(19)27-31-20-8-6-9-23(26(20)32-27)35-10-4-3-5-11-35/h6,8-9,12-16,24,30,36H,2-5,7,10-11H2,1H3,(H,31,32)(H,33,34). The predicted molar refractivity (Wildman–Crippen MR) is 143 cm³/mol. The van der Waals surface area contributed by atoms with E-state index in [0.717, 1.165) is 69.9 Å². The summed E-state index contributed by atoms with van der Waals surface area (Å²) >= 11 is 0. The number of fused-ring (bicyclic) bond motifs is 2. The quantitative estimate of drug-likeness (QED) is 0.239. The van der Waals surface area contributed by atoms with E-state index in [1.54, 1.807) is 18.6 Å². The molecule has 1 aromatic carbocycles. The molecule has 9 heteroatoms. The van der Waals surface area contributed by atoms with Crippen LogP contribution in [0.3, 0.4) is 0 Å². The third kappa shape index (κ3) is 4.26. The van der Waals surface area contributed by atoms with Gasteiger partial charge in [0.25, 0.3) is 0 Å². The first-order valence-electron chi connectivity index (χ1n) is 12.7. The van der Waals surface area contributed by atoms with Crippen LogP contribution in [0.2, 0.25) is 0 Å². The Balaban J connectivity index is 1.36. The molecule has 9 nitrogen and oxygen atoms in total. The Morgan fingerprint density at radius 3 is 2.83 bits per heavy atom. The van der Waals surface area contributed by atoms with Gasteiger partial charge in [-0.15, -0.1) is 0 Å². The van der Waals surface area contributed by atoms with Crippen molar-refractivity contribution in [1.82, 2.24) is 30.1 Å². The highest BCUT2D eigenvalue weighted by molar-refractivity contribution is 5.96. The third-order valence-electron chi connectivity index (χ3n) is 6.79. The number of nitrogens with one attached hydrogen (secondary N) is 3. The maximum absolute atomic E-state index is 10.1. The molecule has 0 saturated carbocycles. The molecule has 6 rings (SSSR count). The number of hydrogen-bond donors (Lipinski definition) is 4. The molecule has 184 valence electrons. The number of imidazole rings is 1. The van der Waals surface area contributed by atoms with E-state index in [2.05, 4.69) is 53.6 Å². The van der Waals surface area contributed by atoms with Crippen LogP contribution in [0, 0.1) is 0 Å². The van der Waals surface area contributed by atoms with Gasteiger partial charge in [0, 0.05) is 30.2 Å². The fourth-order valence-electron chi connectivity index (χ4n) is 4.97. The summed E-state index contributed by atoms with van der Waals surface area (Å²) < 4.78 is 0. The number of piperidine rings is 1. The van der Waals surface area contributed by atoms with E-state index >= 15 is 0 Å². The second-order valence-electron chi connectivity index (χ2n) is 9.40. The Bertz CT molecular complexity index is 1500. The summed E-state index contributed by atoms with van der Waals surface area (Å²) in [6, 6.07) is 10.3. The first kappa shape index (κ1) is 22.5. The molecular weight excluding hydrogens is 452 g/mol. The first-order chi connectivity index (χ1) is 17.7. The zero-order valence-electron chi connectivity index (χ0n) is 20.3. The molecular formula is C27H30N8O. The molecule has 4 N–H and O–H groups in total. The van der Waals surface area contributed by atoms with Crippen LogP contribution in [-0.4, -0.2) is 54.6 Å². The van der Waals surface area contributed by atoms with Crippen LogP contribution in [0.15, 0.2) is 48.9 Å². The summed E-state index contributed by atoms with van der Waals surface area (Å²) in [6.45, 7) is 4.18. The minimum atomic E-state index is -0.606. The summed E-state index contributed by atoms with van der Waals surface area (Å²) in [7, 11) is 0. The van der Waals surface area contributed by atoms with E-state index in [4.69, 9.17) is 4.98 Å². The lowest BCUT2D eigenvalue weighted by Gasteiger charge is -2.28. The number of hydrogen-bond acceptors (Lipinski definition) is 7. The molecule has 0 radical (unpaired) electrons. The number of H-pyrrole nitrogens is 2. The van der Waals surface area contributed by atoms with Crippen LogP contribution in [-0.2, 0) is 0 Å². The monoisotopic (exact) mass is 482 g/mol. The van der Waals surface area contributed by atoms with Crippen LogP contribution in [0.5, 0.6) is 0 Å². The second kappa shape index (κ2) is 9.58. The Kier molecular flexibility index (Phi) is 5.98. The first-order valence-corrected chi connectivity index (χ1v) is 12.7. The summed E-state index contributed by atoms with van der Waals surface area (Å²) in [5.74, 6) is 0.731. The molecule has 1 atom stereocenters. The summed E-state index contributed by atoms with van der Waals surface area (Å²) in [5.41, 5.74) is 7.15. The number of para-hydroxylation sites is 1. The van der Waals surface area contributed by atoms with Crippen LogP contribution in [0.4, 0.5) is 11.4 Å². The van der Waals surface area contributed by atoms with Crippen LogP contribution < -0.4 is 10.2 Å². The highest BCUT2D eigenvalue weighted by atomic mass is 16.3. The van der Waals surface area contributed by atoms with Gasteiger partial charge in [-0.1, -0.05) is 19.4 Å². The van der Waals surface area contributed by atoms with E-state index < -0.39 is 6.23 Å². The zero-order valence-corrected chi connectivity index (χ0v) is 20.3. The molecule has 0 amide bonds. The van der Waals surface area contributed by atoms with Crippen molar-refractivity contribution in [2.45, 2.75) is 45.3 Å². The number of nitrogens with zero attached hydrogens (tertiary/aromatic N) is 5. The van der Waals surface area contributed by atoms with Gasteiger partial charge < -0.3 is 20.3 Å². The Morgan fingerprint density at radius 2 is 1.97 bits per heavy atom. The molecule has 0 spiro atoms. The Morgan fingerprint density at radius 1 is 1.08 bits per heavy atom. The number of aromatic nitrogens is 6. The number of anilines is 2. The number of aliphatic hydroxyl groups is 1. The highest BCUT2D eigenvalue weighted by Crippen LogP contribution is 2.33. The predicted octanol–water partition coefficient (Wildman–Crippen LogP) is 5.08. The third-order valence-corrected chi connectivity index (χ3v) is 6.79. The fraction of sp³-hybridized carbons (Fsp3) is 0.333. The minimum absolute atomic E-state index is 0.606. The van der Waals surface area contributed by atoms with E-state index in [-0.39, 0.29) is 0 Å². The average molecular weight is 483 g/mol. The van der Waals surface area contributed by atoms with Crippen LogP contribution >= 0.6 is 0 Å². The van der Waals surface area contributed by atoms with Crippen molar-refractivity contribution in [1.29, 1.82) is 0 Å². The number of rotatable bonds is 7. The molecule has 1 fully saturated rings. The molecule has 0 aliphatic carbocycles. The second-order valence-corrected chi connectivity index (χ2v) is 9.40. The lowest BCUT2D eigenvalue weighted by Crippen LogP contribution is -2.29. The van der Waals surface area contributed by atoms with Gasteiger partial charge in [-0.25, -0.2) is 4.98 Å². The maximum Gasteiger partial charge on any atom is 0.159 e. The molecule has 36 heavy (non-hydrogen) atoms. The van der Waals surface area contributed by atoms with E-state index in [0.29, 0.717) is 6.42 Å². The fourth-order valence-corrected chi connectivity index (χ4v) is 4.97. The van der Waals surface area contributed by atoms with Gasteiger partial charge in [0.1, 0.15) is 17.4 Å². The van der Waals surface area contributed by atoms with Crippen LogP contribution in [0.1, 0.15) is 39.0 Å². The minimum Gasteiger partial charge on any atom is -0.374 e. The molecule has 0 bridgehead atoms. The van der Waals surface area contributed by atoms with Crippen molar-refractivity contribution in [3.05, 3.63) is 48.9 Å². The lowest BCUT2D eigenvalue weighted by molar-refractivity contribution is 0.192.